The van der Waals surface area contributed by atoms with Crippen molar-refractivity contribution < 1.29 is 0 Å². The SMILES string of the molecule is CCc1nc(CN2CCC(CNC(=NC)NC(C)C)CC2)cs1. The number of hydrogen-bond donors (Lipinski definition) is 2. The van der Waals surface area contributed by atoms with Gasteiger partial charge in [-0.25, -0.2) is 4.98 Å². The van der Waals surface area contributed by atoms with Crippen LogP contribution in [0, 0.1) is 5.92 Å². The van der Waals surface area contributed by atoms with Crippen LogP contribution in [0.15, 0.2) is 10.4 Å². The number of piperidine rings is 1. The Morgan fingerprint density at radius 1 is 1.43 bits per heavy atom. The fourth-order valence-electron chi connectivity index (χ4n) is 2.87. The number of nitrogens with one attached hydrogen (secondary N) is 2. The van der Waals surface area contributed by atoms with Gasteiger partial charge in [-0.15, -0.1) is 11.3 Å². The van der Waals surface area contributed by atoms with Crippen molar-refractivity contribution in [2.24, 2.45) is 10.9 Å². The molecule has 1 aliphatic heterocycles. The monoisotopic (exact) mass is 337 g/mol. The summed E-state index contributed by atoms with van der Waals surface area (Å²) in [5.74, 6) is 1.65. The molecule has 0 bridgehead atoms. The Morgan fingerprint density at radius 3 is 2.74 bits per heavy atom. The largest absolute Gasteiger partial charge is 0.356 e. The molecule has 0 unspecified atom stereocenters. The minimum Gasteiger partial charge on any atom is -0.356 e. The van der Waals surface area contributed by atoms with E-state index in [2.05, 4.69) is 51.7 Å². The number of likely N-dealkylation sites (tertiary alicyclic amines) is 1. The zero-order chi connectivity index (χ0) is 16.7. The third-order valence-electron chi connectivity index (χ3n) is 4.20. The Labute approximate surface area is 144 Å². The standard InChI is InChI=1S/C17H31N5S/c1-5-16-21-15(12-23-16)11-22-8-6-14(7-9-22)10-19-17(18-4)20-13(2)3/h12-14H,5-11H2,1-4H3,(H2,18,19,20). The van der Waals surface area contributed by atoms with Gasteiger partial charge in [0.05, 0.1) is 10.7 Å². The molecule has 1 fully saturated rings. The van der Waals surface area contributed by atoms with E-state index in [0.717, 1.165) is 31.4 Å². The quantitative estimate of drug-likeness (QED) is 0.618. The van der Waals surface area contributed by atoms with Crippen LogP contribution < -0.4 is 10.6 Å². The van der Waals surface area contributed by atoms with Crippen molar-refractivity contribution in [1.82, 2.24) is 20.5 Å². The van der Waals surface area contributed by atoms with E-state index < -0.39 is 0 Å². The molecule has 0 amide bonds. The van der Waals surface area contributed by atoms with Crippen molar-refractivity contribution in [3.05, 3.63) is 16.1 Å². The predicted octanol–water partition coefficient (Wildman–Crippen LogP) is 2.49. The molecule has 2 heterocycles. The van der Waals surface area contributed by atoms with Crippen molar-refractivity contribution in [2.75, 3.05) is 26.7 Å². The summed E-state index contributed by atoms with van der Waals surface area (Å²) in [6, 6.07) is 0.411. The molecule has 1 aliphatic rings. The molecule has 0 radical (unpaired) electrons. The van der Waals surface area contributed by atoms with Crippen LogP contribution in [0.25, 0.3) is 0 Å². The molecule has 0 saturated carbocycles. The van der Waals surface area contributed by atoms with Gasteiger partial charge in [-0.05, 0) is 52.1 Å². The third kappa shape index (κ3) is 6.11. The minimum atomic E-state index is 0.411. The van der Waals surface area contributed by atoms with E-state index >= 15 is 0 Å². The normalized spacial score (nSPS) is 17.7. The fraction of sp³-hybridized carbons (Fsp3) is 0.765. The first-order chi connectivity index (χ1) is 11.1. The average molecular weight is 338 g/mol. The molecule has 5 nitrogen and oxygen atoms in total. The van der Waals surface area contributed by atoms with Gasteiger partial charge in [0.2, 0.25) is 0 Å². The van der Waals surface area contributed by atoms with Crippen molar-refractivity contribution in [3.63, 3.8) is 0 Å². The molecular formula is C17H31N5S. The van der Waals surface area contributed by atoms with E-state index in [-0.39, 0.29) is 0 Å². The molecule has 2 rings (SSSR count). The Balaban J connectivity index is 1.69. The Morgan fingerprint density at radius 2 is 2.17 bits per heavy atom. The highest BCUT2D eigenvalue weighted by Gasteiger charge is 2.20. The van der Waals surface area contributed by atoms with Crippen molar-refractivity contribution in [2.45, 2.75) is 52.6 Å². The molecule has 1 aromatic heterocycles. The smallest absolute Gasteiger partial charge is 0.191 e. The van der Waals surface area contributed by atoms with Crippen molar-refractivity contribution in [3.8, 4) is 0 Å². The van der Waals surface area contributed by atoms with E-state index in [1.807, 2.05) is 7.05 Å². The lowest BCUT2D eigenvalue weighted by atomic mass is 9.97. The Kier molecular flexibility index (Phi) is 7.30. The van der Waals surface area contributed by atoms with E-state index in [9.17, 15) is 0 Å². The number of hydrogen-bond acceptors (Lipinski definition) is 4. The molecule has 1 saturated heterocycles. The van der Waals surface area contributed by atoms with Crippen LogP contribution in [0.3, 0.4) is 0 Å². The first-order valence-electron chi connectivity index (χ1n) is 8.73. The number of nitrogens with zero attached hydrogens (tertiary/aromatic N) is 3. The molecule has 6 heteroatoms. The van der Waals surface area contributed by atoms with E-state index in [4.69, 9.17) is 0 Å². The maximum atomic E-state index is 4.68. The molecule has 0 aromatic carbocycles. The minimum absolute atomic E-state index is 0.411. The summed E-state index contributed by atoms with van der Waals surface area (Å²) >= 11 is 1.79. The first kappa shape index (κ1) is 18.2. The summed E-state index contributed by atoms with van der Waals surface area (Å²) in [5, 5.41) is 10.3. The lowest BCUT2D eigenvalue weighted by Crippen LogP contribution is -2.44. The number of aryl methyl sites for hydroxylation is 1. The summed E-state index contributed by atoms with van der Waals surface area (Å²) in [4.78, 5) is 11.5. The molecule has 1 aromatic rings. The summed E-state index contributed by atoms with van der Waals surface area (Å²) < 4.78 is 0. The summed E-state index contributed by atoms with van der Waals surface area (Å²) in [7, 11) is 1.83. The Hall–Kier alpha value is -1.14. The summed E-state index contributed by atoms with van der Waals surface area (Å²) in [6.45, 7) is 10.8. The molecule has 2 N–H and O–H groups in total. The van der Waals surface area contributed by atoms with Gasteiger partial charge < -0.3 is 10.6 Å². The van der Waals surface area contributed by atoms with Gasteiger partial charge in [-0.1, -0.05) is 6.92 Å². The topological polar surface area (TPSA) is 52.6 Å². The number of aliphatic imine (C=N–C) groups is 1. The van der Waals surface area contributed by atoms with E-state index in [1.54, 1.807) is 11.3 Å². The highest BCUT2D eigenvalue weighted by Crippen LogP contribution is 2.19. The number of rotatable bonds is 6. The van der Waals surface area contributed by atoms with E-state index in [0.29, 0.717) is 6.04 Å². The highest BCUT2D eigenvalue weighted by atomic mass is 32.1. The molecule has 130 valence electrons. The molecular weight excluding hydrogens is 306 g/mol. The van der Waals surface area contributed by atoms with Crippen LogP contribution in [0.5, 0.6) is 0 Å². The molecule has 0 atom stereocenters. The van der Waals surface area contributed by atoms with Crippen LogP contribution >= 0.6 is 11.3 Å². The van der Waals surface area contributed by atoms with Gasteiger partial charge in [0.25, 0.3) is 0 Å². The number of aromatic nitrogens is 1. The van der Waals surface area contributed by atoms with Crippen molar-refractivity contribution >= 4 is 17.3 Å². The van der Waals surface area contributed by atoms with Gasteiger partial charge >= 0.3 is 0 Å². The van der Waals surface area contributed by atoms with Gasteiger partial charge in [-0.2, -0.15) is 0 Å². The average Bonchev–Trinajstić information content (AvgIpc) is 3.00. The second-order valence-corrected chi connectivity index (χ2v) is 7.50. The molecule has 0 spiro atoms. The van der Waals surface area contributed by atoms with Gasteiger partial charge in [0.1, 0.15) is 0 Å². The van der Waals surface area contributed by atoms with Crippen molar-refractivity contribution in [1.29, 1.82) is 0 Å². The van der Waals surface area contributed by atoms with Crippen LogP contribution in [0.4, 0.5) is 0 Å². The second kappa shape index (κ2) is 9.23. The fourth-order valence-corrected chi connectivity index (χ4v) is 3.61. The number of guanidine groups is 1. The van der Waals surface area contributed by atoms with Crippen LogP contribution in [0.1, 0.15) is 44.3 Å². The number of thiazole rings is 1. The van der Waals surface area contributed by atoms with Gasteiger partial charge in [-0.3, -0.25) is 9.89 Å². The molecule has 23 heavy (non-hydrogen) atoms. The third-order valence-corrected chi connectivity index (χ3v) is 5.24. The van der Waals surface area contributed by atoms with E-state index in [1.165, 1.54) is 36.6 Å². The maximum absolute atomic E-state index is 4.68. The highest BCUT2D eigenvalue weighted by molar-refractivity contribution is 7.09. The maximum Gasteiger partial charge on any atom is 0.191 e. The van der Waals surface area contributed by atoms with Gasteiger partial charge in [0.15, 0.2) is 5.96 Å². The summed E-state index contributed by atoms with van der Waals surface area (Å²) in [6.07, 6.45) is 3.54. The zero-order valence-corrected chi connectivity index (χ0v) is 15.7. The summed E-state index contributed by atoms with van der Waals surface area (Å²) in [5.41, 5.74) is 1.24. The first-order valence-corrected chi connectivity index (χ1v) is 9.61. The second-order valence-electron chi connectivity index (χ2n) is 6.56. The zero-order valence-electron chi connectivity index (χ0n) is 14.9. The van der Waals surface area contributed by atoms with Crippen LogP contribution in [-0.2, 0) is 13.0 Å². The van der Waals surface area contributed by atoms with Crippen LogP contribution in [-0.4, -0.2) is 48.6 Å². The van der Waals surface area contributed by atoms with Crippen LogP contribution in [0.2, 0.25) is 0 Å². The molecule has 0 aliphatic carbocycles. The predicted molar refractivity (Wildman–Crippen MR) is 99.1 cm³/mol. The lowest BCUT2D eigenvalue weighted by molar-refractivity contribution is 0.176. The lowest BCUT2D eigenvalue weighted by Gasteiger charge is -2.31. The van der Waals surface area contributed by atoms with Gasteiger partial charge in [0, 0.05) is 31.6 Å². The Bertz CT molecular complexity index is 489.